The van der Waals surface area contributed by atoms with Crippen molar-refractivity contribution < 1.29 is 15.1 Å². The average molecular weight is 334 g/mol. The smallest absolute Gasteiger partial charge is 0.315 e. The molecule has 0 radical (unpaired) electrons. The summed E-state index contributed by atoms with van der Waals surface area (Å²) in [5.41, 5.74) is 0.161. The number of aromatic amines is 1. The minimum absolute atomic E-state index is 0.117. The maximum atomic E-state index is 10.9. The molecule has 0 fully saturated rings. The summed E-state index contributed by atoms with van der Waals surface area (Å²) in [7, 11) is 0. The number of aromatic nitrogens is 4. The van der Waals surface area contributed by atoms with Crippen LogP contribution in [-0.2, 0) is 0 Å². The van der Waals surface area contributed by atoms with E-state index in [1.165, 1.54) is 6.20 Å². The standard InChI is InChI=1S/C13H8ClN5O4/c14-10-5-6(1-2-15-10)12-16-13(18-17-12)7-3-8(19(22)23)11(21)9(20)4-7/h1-5,20-21H,(H,16,17,18). The van der Waals surface area contributed by atoms with Crippen molar-refractivity contribution in [3.05, 3.63) is 45.7 Å². The van der Waals surface area contributed by atoms with Crippen LogP contribution in [0.4, 0.5) is 5.69 Å². The zero-order chi connectivity index (χ0) is 16.6. The van der Waals surface area contributed by atoms with Crippen molar-refractivity contribution in [2.75, 3.05) is 0 Å². The van der Waals surface area contributed by atoms with Gasteiger partial charge >= 0.3 is 5.69 Å². The second-order valence-corrected chi connectivity index (χ2v) is 4.88. The summed E-state index contributed by atoms with van der Waals surface area (Å²) in [6.07, 6.45) is 1.50. The van der Waals surface area contributed by atoms with Crippen LogP contribution < -0.4 is 0 Å². The second kappa shape index (κ2) is 5.54. The van der Waals surface area contributed by atoms with E-state index in [1.54, 1.807) is 12.1 Å². The molecule has 0 aliphatic heterocycles. The molecule has 0 bridgehead atoms. The lowest BCUT2D eigenvalue weighted by molar-refractivity contribution is -0.385. The fraction of sp³-hybridized carbons (Fsp3) is 0. The molecule has 116 valence electrons. The largest absolute Gasteiger partial charge is 0.504 e. The van der Waals surface area contributed by atoms with E-state index < -0.39 is 22.1 Å². The predicted octanol–water partition coefficient (Wildman–Crippen LogP) is 2.51. The van der Waals surface area contributed by atoms with Gasteiger partial charge in [-0.2, -0.15) is 5.10 Å². The van der Waals surface area contributed by atoms with Crippen LogP contribution in [0, 0.1) is 10.1 Å². The van der Waals surface area contributed by atoms with E-state index in [2.05, 4.69) is 20.2 Å². The molecule has 23 heavy (non-hydrogen) atoms. The molecule has 2 aromatic heterocycles. The van der Waals surface area contributed by atoms with Crippen molar-refractivity contribution >= 4 is 17.3 Å². The molecule has 0 aliphatic rings. The maximum Gasteiger partial charge on any atom is 0.315 e. The van der Waals surface area contributed by atoms with Crippen LogP contribution in [0.1, 0.15) is 0 Å². The lowest BCUT2D eigenvalue weighted by Crippen LogP contribution is -1.91. The van der Waals surface area contributed by atoms with E-state index in [0.29, 0.717) is 11.4 Å². The number of nitro benzene ring substituents is 1. The number of nitro groups is 1. The highest BCUT2D eigenvalue weighted by Gasteiger charge is 2.21. The lowest BCUT2D eigenvalue weighted by Gasteiger charge is -2.01. The van der Waals surface area contributed by atoms with Gasteiger partial charge in [-0.05, 0) is 18.2 Å². The molecule has 1 aromatic carbocycles. The van der Waals surface area contributed by atoms with Crippen LogP contribution in [0.2, 0.25) is 5.15 Å². The number of hydrogen-bond donors (Lipinski definition) is 3. The van der Waals surface area contributed by atoms with Gasteiger partial charge in [0.15, 0.2) is 17.4 Å². The summed E-state index contributed by atoms with van der Waals surface area (Å²) in [4.78, 5) is 18.1. The number of hydrogen-bond acceptors (Lipinski definition) is 7. The van der Waals surface area contributed by atoms with E-state index in [1.807, 2.05) is 0 Å². The van der Waals surface area contributed by atoms with Crippen LogP contribution in [0.3, 0.4) is 0 Å². The Kier molecular flexibility index (Phi) is 3.54. The van der Waals surface area contributed by atoms with Crippen LogP contribution in [-0.4, -0.2) is 35.3 Å². The number of pyridine rings is 1. The van der Waals surface area contributed by atoms with Crippen molar-refractivity contribution in [3.63, 3.8) is 0 Å². The van der Waals surface area contributed by atoms with Crippen molar-refractivity contribution in [1.29, 1.82) is 0 Å². The number of benzene rings is 1. The van der Waals surface area contributed by atoms with Crippen LogP contribution >= 0.6 is 11.6 Å². The molecule has 9 nitrogen and oxygen atoms in total. The van der Waals surface area contributed by atoms with Gasteiger partial charge in [0.05, 0.1) is 4.92 Å². The van der Waals surface area contributed by atoms with E-state index in [4.69, 9.17) is 11.6 Å². The average Bonchev–Trinajstić information content (AvgIpc) is 2.99. The number of H-pyrrole nitrogens is 1. The van der Waals surface area contributed by atoms with Crippen LogP contribution in [0.5, 0.6) is 11.5 Å². The number of phenols is 2. The highest BCUT2D eigenvalue weighted by Crippen LogP contribution is 2.38. The van der Waals surface area contributed by atoms with Crippen molar-refractivity contribution in [2.24, 2.45) is 0 Å². The summed E-state index contributed by atoms with van der Waals surface area (Å²) in [5, 5.41) is 36.9. The quantitative estimate of drug-likeness (QED) is 0.289. The first-order valence-corrected chi connectivity index (χ1v) is 6.58. The molecule has 0 unspecified atom stereocenters. The molecule has 3 N–H and O–H groups in total. The Bertz CT molecular complexity index is 911. The summed E-state index contributed by atoms with van der Waals surface area (Å²) in [6.45, 7) is 0. The Hall–Kier alpha value is -3.20. The third-order valence-corrected chi connectivity index (χ3v) is 3.22. The molecule has 0 spiro atoms. The molecule has 10 heteroatoms. The fourth-order valence-corrected chi connectivity index (χ4v) is 2.12. The number of nitrogens with zero attached hydrogens (tertiary/aromatic N) is 4. The van der Waals surface area contributed by atoms with Crippen LogP contribution in [0.15, 0.2) is 30.5 Å². The first kappa shape index (κ1) is 14.7. The monoisotopic (exact) mass is 333 g/mol. The summed E-state index contributed by atoms with van der Waals surface area (Å²) in [5.74, 6) is -0.950. The van der Waals surface area contributed by atoms with E-state index in [9.17, 15) is 20.3 Å². The van der Waals surface area contributed by atoms with Gasteiger partial charge < -0.3 is 10.2 Å². The molecule has 0 saturated carbocycles. The summed E-state index contributed by atoms with van der Waals surface area (Å²) >= 11 is 5.80. The molecular formula is C13H8ClN5O4. The minimum Gasteiger partial charge on any atom is -0.504 e. The topological polar surface area (TPSA) is 138 Å². The fourth-order valence-electron chi connectivity index (χ4n) is 1.94. The predicted molar refractivity (Wildman–Crippen MR) is 80.0 cm³/mol. The first-order valence-electron chi connectivity index (χ1n) is 6.21. The Morgan fingerprint density at radius 3 is 2.70 bits per heavy atom. The highest BCUT2D eigenvalue weighted by atomic mass is 35.5. The van der Waals surface area contributed by atoms with Gasteiger partial charge in [0.2, 0.25) is 5.75 Å². The van der Waals surface area contributed by atoms with Gasteiger partial charge in [-0.3, -0.25) is 15.2 Å². The van der Waals surface area contributed by atoms with Crippen molar-refractivity contribution in [2.45, 2.75) is 0 Å². The van der Waals surface area contributed by atoms with Gasteiger partial charge in [-0.25, -0.2) is 9.97 Å². The third-order valence-electron chi connectivity index (χ3n) is 3.01. The number of phenolic OH excluding ortho intramolecular Hbond substituents is 2. The van der Waals surface area contributed by atoms with Gasteiger partial charge in [-0.15, -0.1) is 0 Å². The Morgan fingerprint density at radius 1 is 1.22 bits per heavy atom. The molecule has 0 aliphatic carbocycles. The number of halogens is 1. The van der Waals surface area contributed by atoms with Gasteiger partial charge in [0.1, 0.15) is 5.15 Å². The number of nitrogens with one attached hydrogen (secondary N) is 1. The molecule has 0 atom stereocenters. The zero-order valence-corrected chi connectivity index (χ0v) is 12.0. The molecule has 3 aromatic rings. The van der Waals surface area contributed by atoms with Gasteiger partial charge in [0.25, 0.3) is 0 Å². The van der Waals surface area contributed by atoms with E-state index in [-0.39, 0.29) is 16.5 Å². The number of rotatable bonds is 3. The minimum atomic E-state index is -0.811. The van der Waals surface area contributed by atoms with Crippen LogP contribution in [0.25, 0.3) is 22.8 Å². The maximum absolute atomic E-state index is 10.9. The normalized spacial score (nSPS) is 10.7. The Morgan fingerprint density at radius 2 is 2.00 bits per heavy atom. The first-order chi connectivity index (χ1) is 11.0. The van der Waals surface area contributed by atoms with E-state index in [0.717, 1.165) is 12.1 Å². The summed E-state index contributed by atoms with van der Waals surface area (Å²) < 4.78 is 0. The van der Waals surface area contributed by atoms with Crippen molar-refractivity contribution in [3.8, 4) is 34.3 Å². The third kappa shape index (κ3) is 2.77. The summed E-state index contributed by atoms with van der Waals surface area (Å²) in [6, 6.07) is 5.44. The second-order valence-electron chi connectivity index (χ2n) is 4.50. The highest BCUT2D eigenvalue weighted by molar-refractivity contribution is 6.29. The molecule has 2 heterocycles. The number of aromatic hydroxyl groups is 2. The Balaban J connectivity index is 2.06. The Labute approximate surface area is 133 Å². The molecule has 3 rings (SSSR count). The van der Waals surface area contributed by atoms with Gasteiger partial charge in [-0.1, -0.05) is 11.6 Å². The molecule has 0 saturated heterocycles. The SMILES string of the molecule is O=[N+]([O-])c1cc(-c2n[nH]c(-c3ccnc(Cl)c3)n2)cc(O)c1O. The molecular weight excluding hydrogens is 326 g/mol. The van der Waals surface area contributed by atoms with Crippen molar-refractivity contribution in [1.82, 2.24) is 20.2 Å². The molecule has 0 amide bonds. The van der Waals surface area contributed by atoms with Gasteiger partial charge in [0, 0.05) is 23.4 Å². The van der Waals surface area contributed by atoms with E-state index >= 15 is 0 Å². The lowest BCUT2D eigenvalue weighted by atomic mass is 10.1. The zero-order valence-electron chi connectivity index (χ0n) is 11.3.